The number of hydrazone groups is 1. The molecular formula is C18H17BrN2O4. The van der Waals surface area contributed by atoms with Gasteiger partial charge in [0, 0.05) is 22.0 Å². The lowest BCUT2D eigenvalue weighted by Gasteiger charge is -2.07. The first-order valence-corrected chi connectivity index (χ1v) is 8.30. The van der Waals surface area contributed by atoms with E-state index in [2.05, 4.69) is 26.5 Å². The third kappa shape index (κ3) is 5.42. The molecule has 2 aromatic rings. The maximum Gasteiger partial charge on any atom is 0.310 e. The number of rotatable bonds is 6. The number of carbonyl (C=O) groups is 2. The molecule has 6 nitrogen and oxygen atoms in total. The van der Waals surface area contributed by atoms with Crippen LogP contribution in [-0.4, -0.2) is 25.2 Å². The second kappa shape index (κ2) is 8.98. The number of ether oxygens (including phenoxy) is 2. The van der Waals surface area contributed by atoms with Crippen molar-refractivity contribution in [2.45, 2.75) is 13.3 Å². The van der Waals surface area contributed by atoms with Crippen LogP contribution in [0.15, 0.2) is 52.0 Å². The number of hydrogen-bond donors (Lipinski definition) is 1. The zero-order chi connectivity index (χ0) is 18.2. The summed E-state index contributed by atoms with van der Waals surface area (Å²) >= 11 is 3.35. The highest BCUT2D eigenvalue weighted by atomic mass is 79.9. The van der Waals surface area contributed by atoms with Crippen molar-refractivity contribution in [2.75, 3.05) is 7.11 Å². The van der Waals surface area contributed by atoms with E-state index < -0.39 is 0 Å². The van der Waals surface area contributed by atoms with Crippen molar-refractivity contribution in [1.29, 1.82) is 0 Å². The van der Waals surface area contributed by atoms with Crippen LogP contribution < -0.4 is 14.9 Å². The van der Waals surface area contributed by atoms with Crippen molar-refractivity contribution in [3.05, 3.63) is 58.1 Å². The molecule has 0 fully saturated rings. The number of benzene rings is 2. The molecule has 0 saturated heterocycles. The van der Waals surface area contributed by atoms with Crippen molar-refractivity contribution >= 4 is 34.0 Å². The van der Waals surface area contributed by atoms with E-state index in [1.807, 2.05) is 0 Å². The van der Waals surface area contributed by atoms with Crippen LogP contribution in [0, 0.1) is 0 Å². The van der Waals surface area contributed by atoms with Gasteiger partial charge < -0.3 is 9.47 Å². The Kier molecular flexibility index (Phi) is 6.71. The third-order valence-electron chi connectivity index (χ3n) is 3.21. The average Bonchev–Trinajstić information content (AvgIpc) is 2.63. The van der Waals surface area contributed by atoms with Gasteiger partial charge >= 0.3 is 5.97 Å². The van der Waals surface area contributed by atoms with Gasteiger partial charge in [-0.3, -0.25) is 9.59 Å². The molecule has 1 N–H and O–H groups in total. The molecule has 0 unspecified atom stereocenters. The Labute approximate surface area is 154 Å². The lowest BCUT2D eigenvalue weighted by molar-refractivity contribution is -0.134. The molecule has 0 aliphatic rings. The number of esters is 1. The van der Waals surface area contributed by atoms with Gasteiger partial charge in [-0.1, -0.05) is 22.9 Å². The summed E-state index contributed by atoms with van der Waals surface area (Å²) in [6.07, 6.45) is 1.69. The number of amides is 1. The fourth-order valence-electron chi connectivity index (χ4n) is 1.88. The van der Waals surface area contributed by atoms with Gasteiger partial charge in [-0.2, -0.15) is 5.10 Å². The fourth-order valence-corrected chi connectivity index (χ4v) is 2.25. The summed E-state index contributed by atoms with van der Waals surface area (Å²) in [6.45, 7) is 1.71. The van der Waals surface area contributed by atoms with Gasteiger partial charge in [0.2, 0.25) is 0 Å². The standard InChI is InChI=1S/C18H17BrN2O4/c1-3-17(22)25-16-9-6-14(19)10-13(16)11-20-21-18(23)12-4-7-15(24-2)8-5-12/h4-11H,3H2,1-2H3,(H,21,23). The van der Waals surface area contributed by atoms with Crippen LogP contribution in [0.1, 0.15) is 29.3 Å². The molecule has 7 heteroatoms. The summed E-state index contributed by atoms with van der Waals surface area (Å²) < 4.78 is 11.1. The molecule has 0 atom stereocenters. The largest absolute Gasteiger partial charge is 0.497 e. The molecule has 0 aliphatic heterocycles. The number of nitrogens with one attached hydrogen (secondary N) is 1. The van der Waals surface area contributed by atoms with Crippen molar-refractivity contribution < 1.29 is 19.1 Å². The van der Waals surface area contributed by atoms with E-state index in [4.69, 9.17) is 9.47 Å². The highest BCUT2D eigenvalue weighted by Gasteiger charge is 2.08. The topological polar surface area (TPSA) is 77.0 Å². The van der Waals surface area contributed by atoms with Gasteiger partial charge in [-0.15, -0.1) is 0 Å². The predicted molar refractivity (Wildman–Crippen MR) is 98.1 cm³/mol. The minimum Gasteiger partial charge on any atom is -0.497 e. The summed E-state index contributed by atoms with van der Waals surface area (Å²) in [7, 11) is 1.56. The van der Waals surface area contributed by atoms with Crippen LogP contribution >= 0.6 is 15.9 Å². The number of methoxy groups -OCH3 is 1. The summed E-state index contributed by atoms with van der Waals surface area (Å²) in [5, 5.41) is 3.93. The first-order chi connectivity index (χ1) is 12.0. The van der Waals surface area contributed by atoms with E-state index in [9.17, 15) is 9.59 Å². The molecule has 0 bridgehead atoms. The van der Waals surface area contributed by atoms with E-state index in [0.29, 0.717) is 22.6 Å². The number of hydrogen-bond acceptors (Lipinski definition) is 5. The molecule has 2 aromatic carbocycles. The molecule has 1 amide bonds. The summed E-state index contributed by atoms with van der Waals surface area (Å²) in [5.74, 6) is 0.328. The second-order valence-corrected chi connectivity index (χ2v) is 5.85. The molecule has 0 radical (unpaired) electrons. The van der Waals surface area contributed by atoms with E-state index >= 15 is 0 Å². The van der Waals surface area contributed by atoms with E-state index in [1.54, 1.807) is 56.5 Å². The summed E-state index contributed by atoms with van der Waals surface area (Å²) in [4.78, 5) is 23.5. The Morgan fingerprint density at radius 1 is 1.20 bits per heavy atom. The van der Waals surface area contributed by atoms with Crippen molar-refractivity contribution in [1.82, 2.24) is 5.43 Å². The van der Waals surface area contributed by atoms with Gasteiger partial charge in [-0.25, -0.2) is 5.43 Å². The van der Waals surface area contributed by atoms with Gasteiger partial charge in [0.1, 0.15) is 11.5 Å². The van der Waals surface area contributed by atoms with Gasteiger partial charge in [0.15, 0.2) is 0 Å². The van der Waals surface area contributed by atoms with Crippen molar-refractivity contribution in [2.24, 2.45) is 5.10 Å². The van der Waals surface area contributed by atoms with Crippen LogP contribution in [0.3, 0.4) is 0 Å². The van der Waals surface area contributed by atoms with E-state index in [0.717, 1.165) is 4.47 Å². The lowest BCUT2D eigenvalue weighted by Crippen LogP contribution is -2.17. The molecule has 0 heterocycles. The van der Waals surface area contributed by atoms with Gasteiger partial charge in [-0.05, 0) is 42.5 Å². The SMILES string of the molecule is CCC(=O)Oc1ccc(Br)cc1C=NNC(=O)c1ccc(OC)cc1. The zero-order valence-corrected chi connectivity index (χ0v) is 15.4. The minimum absolute atomic E-state index is 0.265. The second-order valence-electron chi connectivity index (χ2n) is 4.94. The Bertz CT molecular complexity index is 788. The van der Waals surface area contributed by atoms with Gasteiger partial charge in [0.25, 0.3) is 5.91 Å². The van der Waals surface area contributed by atoms with Crippen molar-refractivity contribution in [3.63, 3.8) is 0 Å². The monoisotopic (exact) mass is 404 g/mol. The molecule has 0 aromatic heterocycles. The molecule has 0 spiro atoms. The van der Waals surface area contributed by atoms with Crippen LogP contribution in [0.4, 0.5) is 0 Å². The predicted octanol–water partition coefficient (Wildman–Crippen LogP) is 3.54. The molecule has 0 saturated carbocycles. The molecule has 130 valence electrons. The van der Waals surface area contributed by atoms with E-state index in [-0.39, 0.29) is 18.3 Å². The Hall–Kier alpha value is -2.67. The van der Waals surface area contributed by atoms with Crippen LogP contribution in [0.2, 0.25) is 0 Å². The molecule has 2 rings (SSSR count). The molecule has 25 heavy (non-hydrogen) atoms. The maximum absolute atomic E-state index is 12.1. The zero-order valence-electron chi connectivity index (χ0n) is 13.8. The smallest absolute Gasteiger partial charge is 0.310 e. The maximum atomic E-state index is 12.1. The molecule has 0 aliphatic carbocycles. The summed E-state index contributed by atoms with van der Waals surface area (Å²) in [5.41, 5.74) is 3.44. The number of nitrogens with zero attached hydrogens (tertiary/aromatic N) is 1. The van der Waals surface area contributed by atoms with Crippen LogP contribution in [0.25, 0.3) is 0 Å². The number of halogens is 1. The first-order valence-electron chi connectivity index (χ1n) is 7.51. The fraction of sp³-hybridized carbons (Fsp3) is 0.167. The minimum atomic E-state index is -0.360. The first kappa shape index (κ1) is 18.7. The normalized spacial score (nSPS) is 10.5. The quantitative estimate of drug-likeness (QED) is 0.345. The Balaban J connectivity index is 2.08. The Morgan fingerprint density at radius 3 is 2.56 bits per heavy atom. The lowest BCUT2D eigenvalue weighted by atomic mass is 10.2. The Morgan fingerprint density at radius 2 is 1.92 bits per heavy atom. The molecular weight excluding hydrogens is 388 g/mol. The van der Waals surface area contributed by atoms with Crippen LogP contribution in [-0.2, 0) is 4.79 Å². The summed E-state index contributed by atoms with van der Waals surface area (Å²) in [6, 6.07) is 11.8. The number of carbonyl (C=O) groups excluding carboxylic acids is 2. The van der Waals surface area contributed by atoms with E-state index in [1.165, 1.54) is 6.21 Å². The van der Waals surface area contributed by atoms with Crippen molar-refractivity contribution in [3.8, 4) is 11.5 Å². The van der Waals surface area contributed by atoms with Gasteiger partial charge in [0.05, 0.1) is 13.3 Å². The third-order valence-corrected chi connectivity index (χ3v) is 3.70. The van der Waals surface area contributed by atoms with Crippen LogP contribution in [0.5, 0.6) is 11.5 Å². The average molecular weight is 405 g/mol. The highest BCUT2D eigenvalue weighted by Crippen LogP contribution is 2.22. The highest BCUT2D eigenvalue weighted by molar-refractivity contribution is 9.10.